The number of aromatic nitrogens is 1. The zero-order valence-electron chi connectivity index (χ0n) is 10.8. The van der Waals surface area contributed by atoms with Gasteiger partial charge in [0.15, 0.2) is 0 Å². The van der Waals surface area contributed by atoms with Crippen LogP contribution < -0.4 is 10.1 Å². The molecule has 3 nitrogen and oxygen atoms in total. The molecule has 0 fully saturated rings. The number of aryl methyl sites for hydroxylation is 2. The Hall–Kier alpha value is -1.77. The van der Waals surface area contributed by atoms with Crippen LogP contribution in [0.25, 0.3) is 10.9 Å². The van der Waals surface area contributed by atoms with Crippen LogP contribution in [0.15, 0.2) is 18.2 Å². The van der Waals surface area contributed by atoms with Crippen LogP contribution in [0.1, 0.15) is 18.1 Å². The molecule has 0 saturated heterocycles. The third kappa shape index (κ3) is 2.05. The standard InChI is InChI=1S/C14H18N2O/c1-5-10-7-11-8-12(17-4)6-9(2)13(11)16-14(10)15-3/h6-8H,5H2,1-4H3,(H,15,16). The lowest BCUT2D eigenvalue weighted by Gasteiger charge is -2.11. The van der Waals surface area contributed by atoms with Crippen molar-refractivity contribution in [2.24, 2.45) is 0 Å². The summed E-state index contributed by atoms with van der Waals surface area (Å²) in [6, 6.07) is 6.23. The summed E-state index contributed by atoms with van der Waals surface area (Å²) >= 11 is 0. The molecule has 0 atom stereocenters. The molecule has 0 aliphatic rings. The Morgan fingerprint density at radius 2 is 2.06 bits per heavy atom. The van der Waals surface area contributed by atoms with Crippen molar-refractivity contribution in [2.45, 2.75) is 20.3 Å². The Kier molecular flexibility index (Phi) is 3.18. The van der Waals surface area contributed by atoms with Crippen molar-refractivity contribution in [3.63, 3.8) is 0 Å². The molecule has 1 N–H and O–H groups in total. The fourth-order valence-electron chi connectivity index (χ4n) is 2.08. The van der Waals surface area contributed by atoms with Crippen LogP contribution in [-0.2, 0) is 6.42 Å². The van der Waals surface area contributed by atoms with Crippen LogP contribution in [0, 0.1) is 6.92 Å². The maximum absolute atomic E-state index is 5.29. The lowest BCUT2D eigenvalue weighted by atomic mass is 10.1. The molecular formula is C14H18N2O. The molecule has 0 radical (unpaired) electrons. The van der Waals surface area contributed by atoms with Crippen molar-refractivity contribution >= 4 is 16.7 Å². The molecule has 90 valence electrons. The molecular weight excluding hydrogens is 212 g/mol. The van der Waals surface area contributed by atoms with Gasteiger partial charge >= 0.3 is 0 Å². The zero-order chi connectivity index (χ0) is 12.4. The van der Waals surface area contributed by atoms with Crippen molar-refractivity contribution in [2.75, 3.05) is 19.5 Å². The molecule has 1 heterocycles. The molecule has 0 aliphatic heterocycles. The van der Waals surface area contributed by atoms with E-state index in [9.17, 15) is 0 Å². The fraction of sp³-hybridized carbons (Fsp3) is 0.357. The minimum atomic E-state index is 0.885. The van der Waals surface area contributed by atoms with Gasteiger partial charge in [0.1, 0.15) is 11.6 Å². The Labute approximate surface area is 102 Å². The van der Waals surface area contributed by atoms with E-state index in [1.807, 2.05) is 19.2 Å². The van der Waals surface area contributed by atoms with Crippen molar-refractivity contribution < 1.29 is 4.74 Å². The number of pyridine rings is 1. The lowest BCUT2D eigenvalue weighted by molar-refractivity contribution is 0.415. The van der Waals surface area contributed by atoms with E-state index in [0.29, 0.717) is 0 Å². The van der Waals surface area contributed by atoms with Gasteiger partial charge in [0.05, 0.1) is 12.6 Å². The van der Waals surface area contributed by atoms with Gasteiger partial charge in [-0.05, 0) is 42.7 Å². The number of methoxy groups -OCH3 is 1. The summed E-state index contributed by atoms with van der Waals surface area (Å²) in [5.41, 5.74) is 3.40. The third-order valence-electron chi connectivity index (χ3n) is 3.01. The first-order valence-corrected chi connectivity index (χ1v) is 5.85. The van der Waals surface area contributed by atoms with Gasteiger partial charge in [0.2, 0.25) is 0 Å². The topological polar surface area (TPSA) is 34.1 Å². The minimum Gasteiger partial charge on any atom is -0.497 e. The largest absolute Gasteiger partial charge is 0.497 e. The van der Waals surface area contributed by atoms with E-state index >= 15 is 0 Å². The second-order valence-corrected chi connectivity index (χ2v) is 4.12. The first kappa shape index (κ1) is 11.7. The van der Waals surface area contributed by atoms with Crippen LogP contribution >= 0.6 is 0 Å². The monoisotopic (exact) mass is 230 g/mol. The molecule has 3 heteroatoms. The summed E-state index contributed by atoms with van der Waals surface area (Å²) < 4.78 is 5.29. The highest BCUT2D eigenvalue weighted by molar-refractivity contribution is 5.86. The molecule has 1 aromatic heterocycles. The van der Waals surface area contributed by atoms with Gasteiger partial charge in [0, 0.05) is 12.4 Å². The van der Waals surface area contributed by atoms with Gasteiger partial charge in [-0.25, -0.2) is 4.98 Å². The van der Waals surface area contributed by atoms with E-state index < -0.39 is 0 Å². The van der Waals surface area contributed by atoms with Crippen molar-refractivity contribution in [1.29, 1.82) is 0 Å². The van der Waals surface area contributed by atoms with E-state index in [4.69, 9.17) is 4.74 Å². The SMILES string of the molecule is CCc1cc2cc(OC)cc(C)c2nc1NC. The quantitative estimate of drug-likeness (QED) is 0.879. The highest BCUT2D eigenvalue weighted by Crippen LogP contribution is 2.27. The van der Waals surface area contributed by atoms with Crippen molar-refractivity contribution in [3.05, 3.63) is 29.3 Å². The number of nitrogens with zero attached hydrogens (tertiary/aromatic N) is 1. The van der Waals surface area contributed by atoms with E-state index in [0.717, 1.165) is 34.5 Å². The maximum Gasteiger partial charge on any atom is 0.129 e. The first-order valence-electron chi connectivity index (χ1n) is 5.85. The van der Waals surface area contributed by atoms with E-state index in [1.165, 1.54) is 5.56 Å². The van der Waals surface area contributed by atoms with Crippen LogP contribution in [0.4, 0.5) is 5.82 Å². The zero-order valence-corrected chi connectivity index (χ0v) is 10.8. The highest BCUT2D eigenvalue weighted by Gasteiger charge is 2.07. The maximum atomic E-state index is 5.29. The van der Waals surface area contributed by atoms with Gasteiger partial charge in [-0.1, -0.05) is 6.92 Å². The number of rotatable bonds is 3. The van der Waals surface area contributed by atoms with Crippen LogP contribution in [0.5, 0.6) is 5.75 Å². The second-order valence-electron chi connectivity index (χ2n) is 4.12. The first-order chi connectivity index (χ1) is 8.19. The average Bonchev–Trinajstić information content (AvgIpc) is 2.36. The number of anilines is 1. The molecule has 0 saturated carbocycles. The number of hydrogen-bond acceptors (Lipinski definition) is 3. The fourth-order valence-corrected chi connectivity index (χ4v) is 2.08. The molecule has 0 aliphatic carbocycles. The predicted molar refractivity (Wildman–Crippen MR) is 72.0 cm³/mol. The van der Waals surface area contributed by atoms with Crippen LogP contribution in [-0.4, -0.2) is 19.1 Å². The van der Waals surface area contributed by atoms with E-state index in [2.05, 4.69) is 30.2 Å². The predicted octanol–water partition coefficient (Wildman–Crippen LogP) is 3.16. The van der Waals surface area contributed by atoms with Gasteiger partial charge < -0.3 is 10.1 Å². The molecule has 0 spiro atoms. The van der Waals surface area contributed by atoms with E-state index in [-0.39, 0.29) is 0 Å². The van der Waals surface area contributed by atoms with Crippen molar-refractivity contribution in [1.82, 2.24) is 4.98 Å². The van der Waals surface area contributed by atoms with Crippen LogP contribution in [0.2, 0.25) is 0 Å². The van der Waals surface area contributed by atoms with Gasteiger partial charge in [0.25, 0.3) is 0 Å². The lowest BCUT2D eigenvalue weighted by Crippen LogP contribution is -1.99. The summed E-state index contributed by atoms with van der Waals surface area (Å²) in [6.07, 6.45) is 0.968. The molecule has 17 heavy (non-hydrogen) atoms. The number of fused-ring (bicyclic) bond motifs is 1. The number of ether oxygens (including phenoxy) is 1. The van der Waals surface area contributed by atoms with Crippen molar-refractivity contribution in [3.8, 4) is 5.75 Å². The van der Waals surface area contributed by atoms with Crippen LogP contribution in [0.3, 0.4) is 0 Å². The smallest absolute Gasteiger partial charge is 0.129 e. The summed E-state index contributed by atoms with van der Waals surface area (Å²) in [4.78, 5) is 4.67. The summed E-state index contributed by atoms with van der Waals surface area (Å²) in [5, 5.41) is 4.29. The molecule has 2 rings (SSSR count). The second kappa shape index (κ2) is 4.62. The molecule has 2 aromatic rings. The Morgan fingerprint density at radius 1 is 1.29 bits per heavy atom. The Balaban J connectivity index is 2.73. The van der Waals surface area contributed by atoms with E-state index in [1.54, 1.807) is 7.11 Å². The van der Waals surface area contributed by atoms with Gasteiger partial charge in [-0.3, -0.25) is 0 Å². The van der Waals surface area contributed by atoms with Gasteiger partial charge in [-0.15, -0.1) is 0 Å². The molecule has 0 bridgehead atoms. The molecule has 0 unspecified atom stereocenters. The Morgan fingerprint density at radius 3 is 2.65 bits per heavy atom. The summed E-state index contributed by atoms with van der Waals surface area (Å²) in [5.74, 6) is 1.85. The third-order valence-corrected chi connectivity index (χ3v) is 3.01. The number of nitrogens with one attached hydrogen (secondary N) is 1. The number of hydrogen-bond donors (Lipinski definition) is 1. The summed E-state index contributed by atoms with van der Waals surface area (Å²) in [7, 11) is 3.60. The average molecular weight is 230 g/mol. The Bertz CT molecular complexity index is 549. The normalized spacial score (nSPS) is 10.6. The molecule has 1 aromatic carbocycles. The number of benzene rings is 1. The summed E-state index contributed by atoms with van der Waals surface area (Å²) in [6.45, 7) is 4.19. The highest BCUT2D eigenvalue weighted by atomic mass is 16.5. The molecule has 0 amide bonds. The minimum absolute atomic E-state index is 0.885. The van der Waals surface area contributed by atoms with Gasteiger partial charge in [-0.2, -0.15) is 0 Å².